The lowest BCUT2D eigenvalue weighted by atomic mass is 9.59. The molecule has 2 aliphatic rings. The zero-order chi connectivity index (χ0) is 39.5. The Morgan fingerprint density at radius 1 is 0.638 bits per heavy atom. The summed E-state index contributed by atoms with van der Waals surface area (Å²) in [6.07, 6.45) is 10.2. The van der Waals surface area contributed by atoms with Gasteiger partial charge in [0.1, 0.15) is 28.5 Å². The molecular formula is C53H49N3O2. The second-order valence-corrected chi connectivity index (χ2v) is 19.0. The number of fused-ring (bicyclic) bond motifs is 9. The minimum absolute atomic E-state index is 0.375. The smallest absolute Gasteiger partial charge is 0.145 e. The van der Waals surface area contributed by atoms with Gasteiger partial charge in [0.05, 0.1) is 16.7 Å². The second-order valence-electron chi connectivity index (χ2n) is 19.0. The topological polar surface area (TPSA) is 53.1 Å². The normalized spacial score (nSPS) is 17.9. The molecular weight excluding hydrogens is 711 g/mol. The van der Waals surface area contributed by atoms with Gasteiger partial charge >= 0.3 is 0 Å². The van der Waals surface area contributed by atoms with Crippen LogP contribution in [0.1, 0.15) is 69.2 Å². The molecule has 5 aromatic carbocycles. The number of ether oxygens (including phenoxy) is 1. The van der Waals surface area contributed by atoms with Crippen LogP contribution in [-0.4, -0.2) is 14.5 Å². The van der Waals surface area contributed by atoms with Gasteiger partial charge in [0, 0.05) is 45.6 Å². The maximum atomic E-state index is 6.94. The zero-order valence-corrected chi connectivity index (χ0v) is 34.3. The fraction of sp³-hybridized carbons (Fsp3) is 0.283. The quantitative estimate of drug-likeness (QED) is 0.175. The molecule has 5 nitrogen and oxygen atoms in total. The van der Waals surface area contributed by atoms with E-state index in [2.05, 4.69) is 155 Å². The van der Waals surface area contributed by atoms with Crippen molar-refractivity contribution in [2.75, 3.05) is 0 Å². The van der Waals surface area contributed by atoms with E-state index in [1.165, 1.54) is 52.3 Å². The van der Waals surface area contributed by atoms with Crippen LogP contribution in [-0.2, 0) is 12.8 Å². The number of aromatic nitrogens is 3. The summed E-state index contributed by atoms with van der Waals surface area (Å²) in [6.45, 7) is 14.1. The van der Waals surface area contributed by atoms with Gasteiger partial charge in [-0.15, -0.1) is 0 Å². The Balaban J connectivity index is 1.04. The highest BCUT2D eigenvalue weighted by atomic mass is 16.5. The zero-order valence-electron chi connectivity index (χ0n) is 34.3. The van der Waals surface area contributed by atoms with E-state index in [9.17, 15) is 0 Å². The van der Waals surface area contributed by atoms with Crippen molar-refractivity contribution in [1.82, 2.24) is 14.5 Å². The second kappa shape index (κ2) is 12.8. The molecule has 1 unspecified atom stereocenters. The molecule has 0 radical (unpaired) electrons. The molecule has 0 saturated heterocycles. The molecule has 0 spiro atoms. The van der Waals surface area contributed by atoms with Crippen molar-refractivity contribution in [3.63, 3.8) is 0 Å². The van der Waals surface area contributed by atoms with Gasteiger partial charge in [0.25, 0.3) is 0 Å². The number of nitrogens with zero attached hydrogens (tertiary/aromatic N) is 3. The SMILES string of the molecule is Cc1cnc(-n2c3ccccc3c3ccc(Oc4cc(-c5cc6c(cn5)CC(C5CC(C)(C)CC(C)(C)C5)C6)c5oc6ccc7ccccc7c6c5c4)cc32)cc1C. The summed E-state index contributed by atoms with van der Waals surface area (Å²) in [4.78, 5) is 10.1. The molecule has 4 aromatic heterocycles. The van der Waals surface area contributed by atoms with Crippen LogP contribution >= 0.6 is 0 Å². The molecule has 9 aromatic rings. The third-order valence-electron chi connectivity index (χ3n) is 13.5. The molecule has 0 amide bonds. The molecule has 1 saturated carbocycles. The van der Waals surface area contributed by atoms with Crippen molar-refractivity contribution < 1.29 is 9.15 Å². The van der Waals surface area contributed by atoms with Crippen molar-refractivity contribution in [3.8, 4) is 28.6 Å². The summed E-state index contributed by atoms with van der Waals surface area (Å²) < 4.78 is 16.0. The first-order chi connectivity index (χ1) is 28.0. The average Bonchev–Trinajstić information content (AvgIpc) is 3.89. The summed E-state index contributed by atoms with van der Waals surface area (Å²) in [6, 6.07) is 36.6. The number of benzene rings is 5. The van der Waals surface area contributed by atoms with Gasteiger partial charge in [0.2, 0.25) is 0 Å². The van der Waals surface area contributed by atoms with Crippen molar-refractivity contribution in [2.24, 2.45) is 22.7 Å². The molecule has 5 heteroatoms. The molecule has 0 aliphatic heterocycles. The van der Waals surface area contributed by atoms with Crippen molar-refractivity contribution in [3.05, 3.63) is 138 Å². The van der Waals surface area contributed by atoms with Crippen LogP contribution in [0.4, 0.5) is 0 Å². The van der Waals surface area contributed by atoms with Crippen molar-refractivity contribution in [1.29, 1.82) is 0 Å². The summed E-state index contributed by atoms with van der Waals surface area (Å²) in [5.41, 5.74) is 11.7. The molecule has 288 valence electrons. The Bertz CT molecular complexity index is 3110. The maximum Gasteiger partial charge on any atom is 0.145 e. The third kappa shape index (κ3) is 5.81. The van der Waals surface area contributed by atoms with Crippen molar-refractivity contribution in [2.45, 2.75) is 73.6 Å². The summed E-state index contributed by atoms with van der Waals surface area (Å²) in [7, 11) is 0. The highest BCUT2D eigenvalue weighted by molar-refractivity contribution is 6.21. The number of aryl methyl sites for hydroxylation is 2. The van der Waals surface area contributed by atoms with Crippen LogP contribution in [0.5, 0.6) is 11.5 Å². The largest absolute Gasteiger partial charge is 0.457 e. The summed E-state index contributed by atoms with van der Waals surface area (Å²) in [5.74, 6) is 3.78. The van der Waals surface area contributed by atoms with E-state index < -0.39 is 0 Å². The minimum Gasteiger partial charge on any atom is -0.457 e. The van der Waals surface area contributed by atoms with Crippen LogP contribution < -0.4 is 4.74 Å². The first kappa shape index (κ1) is 35.2. The molecule has 0 N–H and O–H groups in total. The van der Waals surface area contributed by atoms with Gasteiger partial charge in [-0.25, -0.2) is 4.98 Å². The molecule has 4 heterocycles. The summed E-state index contributed by atoms with van der Waals surface area (Å²) >= 11 is 0. The first-order valence-corrected chi connectivity index (χ1v) is 21.0. The predicted octanol–water partition coefficient (Wildman–Crippen LogP) is 14.3. The fourth-order valence-electron chi connectivity index (χ4n) is 11.3. The minimum atomic E-state index is 0.375. The van der Waals surface area contributed by atoms with Gasteiger partial charge in [0.15, 0.2) is 0 Å². The average molecular weight is 760 g/mol. The number of pyridine rings is 2. The Morgan fingerprint density at radius 2 is 1.40 bits per heavy atom. The lowest BCUT2D eigenvalue weighted by Gasteiger charge is -2.47. The predicted molar refractivity (Wildman–Crippen MR) is 238 cm³/mol. The number of para-hydroxylation sites is 1. The third-order valence-corrected chi connectivity index (χ3v) is 13.5. The number of hydrogen-bond acceptors (Lipinski definition) is 4. The standard InChI is InChI=1S/C53H49N3O2/c1-31-19-49(55-28-32(31)2)56-46-14-10-9-13-41(46)42-17-16-38(25-47(42)56)57-39-23-43(51-44(24-39)50-40-12-8-7-11-33(40)15-18-48(50)58-51)45-22-35-20-34(21-36(35)29-54-45)37-26-52(3,4)30-53(5,6)27-37/h7-19,22-25,28-29,34,37H,20-21,26-27,30H2,1-6H3. The number of furan rings is 1. The highest BCUT2D eigenvalue weighted by Gasteiger charge is 2.42. The van der Waals surface area contributed by atoms with Crippen LogP contribution in [0.15, 0.2) is 120 Å². The Morgan fingerprint density at radius 3 is 2.22 bits per heavy atom. The van der Waals surface area contributed by atoms with E-state index >= 15 is 0 Å². The lowest BCUT2D eigenvalue weighted by molar-refractivity contribution is 0.0416. The van der Waals surface area contributed by atoms with E-state index in [0.29, 0.717) is 16.7 Å². The van der Waals surface area contributed by atoms with Crippen LogP contribution in [0, 0.1) is 36.5 Å². The molecule has 0 bridgehead atoms. The van der Waals surface area contributed by atoms with Gasteiger partial charge in [-0.05, 0) is 150 Å². The van der Waals surface area contributed by atoms with Crippen LogP contribution in [0.25, 0.3) is 71.6 Å². The Kier molecular flexibility index (Phi) is 7.77. The van der Waals surface area contributed by atoms with E-state index in [4.69, 9.17) is 19.1 Å². The molecule has 11 rings (SSSR count). The van der Waals surface area contributed by atoms with Gasteiger partial charge in [-0.3, -0.25) is 9.55 Å². The van der Waals surface area contributed by atoms with Crippen molar-refractivity contribution >= 4 is 54.5 Å². The molecule has 1 atom stereocenters. The van der Waals surface area contributed by atoms with Gasteiger partial charge in [-0.2, -0.15) is 0 Å². The molecule has 1 fully saturated rings. The highest BCUT2D eigenvalue weighted by Crippen LogP contribution is 2.53. The fourth-order valence-corrected chi connectivity index (χ4v) is 11.3. The lowest BCUT2D eigenvalue weighted by Crippen LogP contribution is -2.37. The Hall–Kier alpha value is -5.94. The molecule has 2 aliphatic carbocycles. The van der Waals surface area contributed by atoms with E-state index in [1.54, 1.807) is 0 Å². The van der Waals surface area contributed by atoms with Crippen LogP contribution in [0.2, 0.25) is 0 Å². The Labute approximate surface area is 339 Å². The maximum absolute atomic E-state index is 6.94. The monoisotopic (exact) mass is 759 g/mol. The van der Waals surface area contributed by atoms with Crippen LogP contribution in [0.3, 0.4) is 0 Å². The van der Waals surface area contributed by atoms with Gasteiger partial charge in [-0.1, -0.05) is 76.2 Å². The number of hydrogen-bond donors (Lipinski definition) is 0. The first-order valence-electron chi connectivity index (χ1n) is 21.0. The molecule has 58 heavy (non-hydrogen) atoms. The summed E-state index contributed by atoms with van der Waals surface area (Å²) in [5, 5.41) is 6.81. The number of rotatable bonds is 5. The van der Waals surface area contributed by atoms with E-state index in [-0.39, 0.29) is 0 Å². The van der Waals surface area contributed by atoms with Gasteiger partial charge < -0.3 is 9.15 Å². The van der Waals surface area contributed by atoms with E-state index in [0.717, 1.165) is 91.1 Å². The van der Waals surface area contributed by atoms with E-state index in [1.807, 2.05) is 6.20 Å².